The highest BCUT2D eigenvalue weighted by Crippen LogP contribution is 2.14. The lowest BCUT2D eigenvalue weighted by Gasteiger charge is -2.18. The van der Waals surface area contributed by atoms with Crippen molar-refractivity contribution in [3.05, 3.63) is 0 Å². The fourth-order valence-corrected chi connectivity index (χ4v) is 0.993. The Hall–Kier alpha value is -2.08. The number of hydrogen-bond acceptors (Lipinski definition) is 5. The Labute approximate surface area is 124 Å². The normalized spacial score (nSPS) is 12.9. The van der Waals surface area contributed by atoms with E-state index in [1.165, 1.54) is 0 Å². The standard InChI is InChI=1S/C8H16F3N5O2.C2H4O2/c9-8(10,11)4-16(14)7(13)15-3-1-2-5(12)6(17)18;1-2(3)4/h5H,1-4,12,14H2,(H2,13,15)(H,17,18);1H3,(H,3,4)/t5-;/m0./s1. The maximum atomic E-state index is 11.9. The number of guanidine groups is 1. The van der Waals surface area contributed by atoms with Gasteiger partial charge in [-0.15, -0.1) is 0 Å². The molecule has 0 radical (unpaired) electrons. The van der Waals surface area contributed by atoms with Gasteiger partial charge in [-0.05, 0) is 12.8 Å². The number of aliphatic carboxylic acids is 2. The Morgan fingerprint density at radius 2 is 1.77 bits per heavy atom. The largest absolute Gasteiger partial charge is 0.481 e. The fourth-order valence-electron chi connectivity index (χ4n) is 0.993. The quantitative estimate of drug-likeness (QED) is 0.140. The van der Waals surface area contributed by atoms with E-state index in [2.05, 4.69) is 4.99 Å². The molecule has 0 spiro atoms. The smallest absolute Gasteiger partial charge is 0.407 e. The monoisotopic (exact) mass is 331 g/mol. The van der Waals surface area contributed by atoms with E-state index in [-0.39, 0.29) is 24.4 Å². The van der Waals surface area contributed by atoms with Crippen LogP contribution >= 0.6 is 0 Å². The average Bonchev–Trinajstić information content (AvgIpc) is 2.30. The summed E-state index contributed by atoms with van der Waals surface area (Å²) in [6.07, 6.45) is -4.04. The topological polar surface area (TPSA) is 168 Å². The third-order valence-corrected chi connectivity index (χ3v) is 1.91. The van der Waals surface area contributed by atoms with Crippen LogP contribution in [0.1, 0.15) is 19.8 Å². The minimum absolute atomic E-state index is 0.0539. The van der Waals surface area contributed by atoms with Crippen LogP contribution < -0.4 is 17.3 Å². The fraction of sp³-hybridized carbons (Fsp3) is 0.700. The number of aliphatic imine (C=N–C) groups is 1. The zero-order valence-corrected chi connectivity index (χ0v) is 11.9. The number of halogens is 3. The van der Waals surface area contributed by atoms with Crippen LogP contribution in [0, 0.1) is 0 Å². The van der Waals surface area contributed by atoms with Gasteiger partial charge < -0.3 is 21.7 Å². The van der Waals surface area contributed by atoms with Gasteiger partial charge >= 0.3 is 12.1 Å². The molecule has 0 amide bonds. The van der Waals surface area contributed by atoms with E-state index in [0.29, 0.717) is 0 Å². The van der Waals surface area contributed by atoms with E-state index in [9.17, 15) is 18.0 Å². The van der Waals surface area contributed by atoms with E-state index in [1.807, 2.05) is 0 Å². The molecule has 1 atom stereocenters. The summed E-state index contributed by atoms with van der Waals surface area (Å²) in [5.41, 5.74) is 10.4. The van der Waals surface area contributed by atoms with Crippen LogP contribution in [0.4, 0.5) is 13.2 Å². The predicted octanol–water partition coefficient (Wildman–Crippen LogP) is -0.678. The van der Waals surface area contributed by atoms with Gasteiger partial charge in [0.15, 0.2) is 0 Å². The molecule has 0 unspecified atom stereocenters. The first kappa shape index (κ1) is 22.2. The number of hydrogen-bond donors (Lipinski definition) is 5. The molecule has 0 rings (SSSR count). The SMILES string of the molecule is CC(=O)O.NC(=NCCC[C@H](N)C(=O)O)N(N)CC(F)(F)F. The molecule has 0 bridgehead atoms. The summed E-state index contributed by atoms with van der Waals surface area (Å²) in [4.78, 5) is 22.9. The summed E-state index contributed by atoms with van der Waals surface area (Å²) in [5, 5.41) is 16.2. The maximum Gasteiger partial charge on any atom is 0.407 e. The van der Waals surface area contributed by atoms with Crippen LogP contribution in [0.25, 0.3) is 0 Å². The minimum Gasteiger partial charge on any atom is -0.481 e. The van der Waals surface area contributed by atoms with Crippen LogP contribution in [-0.4, -0.2) is 58.4 Å². The number of carboxylic acids is 2. The number of alkyl halides is 3. The zero-order valence-electron chi connectivity index (χ0n) is 11.9. The molecule has 0 aliphatic rings. The molecule has 0 fully saturated rings. The molecular formula is C10H20F3N5O4. The summed E-state index contributed by atoms with van der Waals surface area (Å²) in [6, 6.07) is -1.02. The lowest BCUT2D eigenvalue weighted by Crippen LogP contribution is -2.47. The predicted molar refractivity (Wildman–Crippen MR) is 71.6 cm³/mol. The molecule has 8 N–H and O–H groups in total. The second-order valence-electron chi connectivity index (χ2n) is 4.09. The Kier molecular flexibility index (Phi) is 10.7. The Bertz CT molecular complexity index is 385. The first-order valence-corrected chi connectivity index (χ1v) is 5.93. The van der Waals surface area contributed by atoms with Crippen LogP contribution in [-0.2, 0) is 9.59 Å². The molecule has 0 aromatic heterocycles. The van der Waals surface area contributed by atoms with Gasteiger partial charge in [-0.2, -0.15) is 13.2 Å². The van der Waals surface area contributed by atoms with Gasteiger partial charge in [-0.25, -0.2) is 5.84 Å². The molecule has 12 heteroatoms. The molecule has 0 saturated heterocycles. The second-order valence-corrected chi connectivity index (χ2v) is 4.09. The van der Waals surface area contributed by atoms with Crippen molar-refractivity contribution < 1.29 is 33.0 Å². The highest BCUT2D eigenvalue weighted by molar-refractivity contribution is 5.77. The van der Waals surface area contributed by atoms with Crippen molar-refractivity contribution in [2.45, 2.75) is 32.0 Å². The third kappa shape index (κ3) is 16.0. The molecule has 22 heavy (non-hydrogen) atoms. The van der Waals surface area contributed by atoms with Gasteiger partial charge in [0.1, 0.15) is 12.6 Å². The maximum absolute atomic E-state index is 11.9. The van der Waals surface area contributed by atoms with E-state index in [1.54, 1.807) is 0 Å². The number of nitrogens with two attached hydrogens (primary N) is 3. The third-order valence-electron chi connectivity index (χ3n) is 1.91. The summed E-state index contributed by atoms with van der Waals surface area (Å²) in [6.45, 7) is -0.269. The van der Waals surface area contributed by atoms with E-state index < -0.39 is 36.7 Å². The Morgan fingerprint density at radius 1 is 1.32 bits per heavy atom. The summed E-state index contributed by atoms with van der Waals surface area (Å²) < 4.78 is 35.8. The van der Waals surface area contributed by atoms with Crippen molar-refractivity contribution in [3.63, 3.8) is 0 Å². The number of carbonyl (C=O) groups is 2. The molecule has 0 aromatic carbocycles. The van der Waals surface area contributed by atoms with Crippen LogP contribution in [0.5, 0.6) is 0 Å². The van der Waals surface area contributed by atoms with Crippen LogP contribution in [0.2, 0.25) is 0 Å². The van der Waals surface area contributed by atoms with Gasteiger partial charge in [0.05, 0.1) is 0 Å². The number of carboxylic acid groups (broad SMARTS) is 2. The molecule has 0 saturated carbocycles. The number of hydrazine groups is 1. The lowest BCUT2D eigenvalue weighted by atomic mass is 10.2. The molecule has 0 aliphatic carbocycles. The van der Waals surface area contributed by atoms with E-state index in [0.717, 1.165) is 6.92 Å². The Balaban J connectivity index is 0. The first-order chi connectivity index (χ1) is 9.86. The van der Waals surface area contributed by atoms with E-state index in [4.69, 9.17) is 32.3 Å². The number of rotatable bonds is 6. The number of nitrogens with zero attached hydrogens (tertiary/aromatic N) is 2. The Morgan fingerprint density at radius 3 is 2.14 bits per heavy atom. The molecule has 9 nitrogen and oxygen atoms in total. The summed E-state index contributed by atoms with van der Waals surface area (Å²) in [7, 11) is 0. The van der Waals surface area contributed by atoms with Crippen molar-refractivity contribution in [2.75, 3.05) is 13.1 Å². The molecule has 0 aliphatic heterocycles. The zero-order chi connectivity index (χ0) is 17.9. The first-order valence-electron chi connectivity index (χ1n) is 5.93. The van der Waals surface area contributed by atoms with Gasteiger partial charge in [0.2, 0.25) is 5.96 Å². The van der Waals surface area contributed by atoms with Crippen molar-refractivity contribution >= 4 is 17.9 Å². The molecule has 130 valence electrons. The van der Waals surface area contributed by atoms with Crippen molar-refractivity contribution in [2.24, 2.45) is 22.3 Å². The van der Waals surface area contributed by atoms with E-state index >= 15 is 0 Å². The van der Waals surface area contributed by atoms with Gasteiger partial charge in [-0.1, -0.05) is 0 Å². The average molecular weight is 331 g/mol. The van der Waals surface area contributed by atoms with Crippen LogP contribution in [0.15, 0.2) is 4.99 Å². The van der Waals surface area contributed by atoms with Gasteiger partial charge in [0.25, 0.3) is 5.97 Å². The summed E-state index contributed by atoms with van der Waals surface area (Å²) >= 11 is 0. The van der Waals surface area contributed by atoms with Gasteiger partial charge in [-0.3, -0.25) is 19.6 Å². The van der Waals surface area contributed by atoms with Crippen molar-refractivity contribution in [3.8, 4) is 0 Å². The molecule has 0 aromatic rings. The van der Waals surface area contributed by atoms with Gasteiger partial charge in [0, 0.05) is 13.5 Å². The van der Waals surface area contributed by atoms with Crippen molar-refractivity contribution in [1.29, 1.82) is 0 Å². The summed E-state index contributed by atoms with van der Waals surface area (Å²) in [5.74, 6) is 2.59. The highest BCUT2D eigenvalue weighted by Gasteiger charge is 2.30. The minimum atomic E-state index is -4.47. The van der Waals surface area contributed by atoms with Crippen LogP contribution in [0.3, 0.4) is 0 Å². The highest BCUT2D eigenvalue weighted by atomic mass is 19.4. The molecular weight excluding hydrogens is 311 g/mol. The lowest BCUT2D eigenvalue weighted by molar-refractivity contribution is -0.139. The molecule has 0 heterocycles. The van der Waals surface area contributed by atoms with Crippen molar-refractivity contribution in [1.82, 2.24) is 5.01 Å². The second kappa shape index (κ2) is 10.6.